The number of hydrogen-bond donors (Lipinski definition) is 2. The molecule has 4 aromatic rings. The lowest BCUT2D eigenvalue weighted by atomic mass is 10.1. The number of halogens is 2. The molecule has 0 saturated carbocycles. The number of anilines is 3. The summed E-state index contributed by atoms with van der Waals surface area (Å²) in [7, 11) is 0. The van der Waals surface area contributed by atoms with E-state index in [1.165, 1.54) is 24.4 Å². The third-order valence-corrected chi connectivity index (χ3v) is 4.13. The van der Waals surface area contributed by atoms with Gasteiger partial charge in [-0.3, -0.25) is 0 Å². The Morgan fingerprint density at radius 1 is 0.964 bits per heavy atom. The maximum absolute atomic E-state index is 13.9. The molecule has 0 unspecified atom stereocenters. The van der Waals surface area contributed by atoms with Gasteiger partial charge in [-0.25, -0.2) is 18.7 Å². The van der Waals surface area contributed by atoms with Crippen molar-refractivity contribution in [2.75, 3.05) is 11.1 Å². The second kappa shape index (κ2) is 7.43. The van der Waals surface area contributed by atoms with E-state index in [1.807, 2.05) is 0 Å². The highest BCUT2D eigenvalue weighted by atomic mass is 19.1. The molecule has 3 aromatic heterocycles. The second-order valence-corrected chi connectivity index (χ2v) is 6.03. The molecule has 0 radical (unpaired) electrons. The number of pyridine rings is 2. The molecular weight excluding hydrogens is 364 g/mol. The van der Waals surface area contributed by atoms with Crippen LogP contribution in [0.15, 0.2) is 65.4 Å². The molecule has 0 aliphatic heterocycles. The average Bonchev–Trinajstić information content (AvgIpc) is 3.15. The summed E-state index contributed by atoms with van der Waals surface area (Å²) in [5.41, 5.74) is 7.56. The van der Waals surface area contributed by atoms with E-state index in [4.69, 9.17) is 10.3 Å². The van der Waals surface area contributed by atoms with Gasteiger partial charge in [-0.2, -0.15) is 0 Å². The van der Waals surface area contributed by atoms with Crippen LogP contribution in [0.2, 0.25) is 0 Å². The van der Waals surface area contributed by atoms with Crippen LogP contribution in [0, 0.1) is 11.6 Å². The quantitative estimate of drug-likeness (QED) is 0.537. The van der Waals surface area contributed by atoms with Gasteiger partial charge in [0.05, 0.1) is 11.3 Å². The van der Waals surface area contributed by atoms with E-state index >= 15 is 0 Å². The molecule has 0 aliphatic rings. The number of aromatic nitrogens is 3. The Morgan fingerprint density at radius 3 is 2.50 bits per heavy atom. The molecule has 8 heteroatoms. The zero-order chi connectivity index (χ0) is 19.5. The molecule has 0 bridgehead atoms. The first-order chi connectivity index (χ1) is 13.6. The van der Waals surface area contributed by atoms with E-state index in [0.717, 1.165) is 0 Å². The highest BCUT2D eigenvalue weighted by Crippen LogP contribution is 2.28. The van der Waals surface area contributed by atoms with Gasteiger partial charge >= 0.3 is 0 Å². The zero-order valence-electron chi connectivity index (χ0n) is 14.6. The number of benzene rings is 1. The van der Waals surface area contributed by atoms with Crippen LogP contribution >= 0.6 is 0 Å². The smallest absolute Gasteiger partial charge is 0.170 e. The van der Waals surface area contributed by atoms with E-state index in [0.29, 0.717) is 40.6 Å². The Balaban J connectivity index is 1.61. The first kappa shape index (κ1) is 17.6. The molecule has 0 fully saturated rings. The van der Waals surface area contributed by atoms with Gasteiger partial charge in [-0.05, 0) is 30.3 Å². The lowest BCUT2D eigenvalue weighted by molar-refractivity contribution is 0.425. The minimum Gasteiger partial charge on any atom is -0.383 e. The number of nitrogens with zero attached hydrogens (tertiary/aromatic N) is 3. The fourth-order valence-corrected chi connectivity index (χ4v) is 2.77. The van der Waals surface area contributed by atoms with Gasteiger partial charge in [0, 0.05) is 30.4 Å². The number of nitrogens with one attached hydrogen (secondary N) is 1. The van der Waals surface area contributed by atoms with Gasteiger partial charge in [0.15, 0.2) is 5.76 Å². The predicted molar refractivity (Wildman–Crippen MR) is 101 cm³/mol. The molecule has 0 amide bonds. The zero-order valence-corrected chi connectivity index (χ0v) is 14.6. The van der Waals surface area contributed by atoms with Crippen molar-refractivity contribution >= 4 is 17.3 Å². The highest BCUT2D eigenvalue weighted by molar-refractivity contribution is 5.69. The molecule has 140 valence electrons. The summed E-state index contributed by atoms with van der Waals surface area (Å²) in [4.78, 5) is 8.22. The minimum atomic E-state index is -0.702. The van der Waals surface area contributed by atoms with Crippen LogP contribution < -0.4 is 11.1 Å². The van der Waals surface area contributed by atoms with E-state index in [1.54, 1.807) is 36.5 Å². The summed E-state index contributed by atoms with van der Waals surface area (Å²) in [6.07, 6.45) is 3.47. The lowest BCUT2D eigenvalue weighted by Gasteiger charge is -2.11. The molecule has 3 heterocycles. The molecule has 0 saturated heterocycles. The predicted octanol–water partition coefficient (Wildman–Crippen LogP) is 4.33. The van der Waals surface area contributed by atoms with Crippen LogP contribution in [-0.4, -0.2) is 15.1 Å². The standard InChI is InChI=1S/C20H15F2N5O/c21-15-6-1-7-16(22)18(15)26-20-12(4-2-9-25-20)10-13-11-17(28-27-13)14-5-3-8-24-19(14)23/h1-9,11H,10H2,(H2,23,24)(H,25,26). The largest absolute Gasteiger partial charge is 0.383 e. The molecule has 28 heavy (non-hydrogen) atoms. The van der Waals surface area contributed by atoms with Crippen molar-refractivity contribution in [1.82, 2.24) is 15.1 Å². The Morgan fingerprint density at radius 2 is 1.71 bits per heavy atom. The topological polar surface area (TPSA) is 89.9 Å². The SMILES string of the molecule is Nc1ncccc1-c1cc(Cc2cccnc2Nc2c(F)cccc2F)no1. The van der Waals surface area contributed by atoms with Crippen LogP contribution in [-0.2, 0) is 6.42 Å². The van der Waals surface area contributed by atoms with Crippen LogP contribution in [0.3, 0.4) is 0 Å². The Labute approximate surface area is 159 Å². The maximum Gasteiger partial charge on any atom is 0.170 e. The molecular formula is C20H15F2N5O. The second-order valence-electron chi connectivity index (χ2n) is 6.03. The third-order valence-electron chi connectivity index (χ3n) is 4.13. The van der Waals surface area contributed by atoms with Crippen molar-refractivity contribution < 1.29 is 13.3 Å². The minimum absolute atomic E-state index is 0.258. The van der Waals surface area contributed by atoms with Crippen LogP contribution in [0.1, 0.15) is 11.3 Å². The number of nitrogens with two attached hydrogens (primary N) is 1. The van der Waals surface area contributed by atoms with Gasteiger partial charge < -0.3 is 15.6 Å². The summed E-state index contributed by atoms with van der Waals surface area (Å²) in [5, 5.41) is 6.78. The van der Waals surface area contributed by atoms with Crippen LogP contribution in [0.4, 0.5) is 26.1 Å². The van der Waals surface area contributed by atoms with Gasteiger partial charge in [0.2, 0.25) is 0 Å². The first-order valence-electron chi connectivity index (χ1n) is 8.43. The number of rotatable bonds is 5. The van der Waals surface area contributed by atoms with Crippen molar-refractivity contribution in [2.24, 2.45) is 0 Å². The molecule has 0 aliphatic carbocycles. The van der Waals surface area contributed by atoms with Gasteiger partial charge in [-0.15, -0.1) is 0 Å². The van der Waals surface area contributed by atoms with Crippen LogP contribution in [0.5, 0.6) is 0 Å². The van der Waals surface area contributed by atoms with Crippen molar-refractivity contribution in [3.63, 3.8) is 0 Å². The van der Waals surface area contributed by atoms with Crippen molar-refractivity contribution in [2.45, 2.75) is 6.42 Å². The molecule has 6 nitrogen and oxygen atoms in total. The molecule has 1 aromatic carbocycles. The Kier molecular flexibility index (Phi) is 4.67. The molecule has 3 N–H and O–H groups in total. The number of nitrogen functional groups attached to an aromatic ring is 1. The molecule has 4 rings (SSSR count). The lowest BCUT2D eigenvalue weighted by Crippen LogP contribution is -2.03. The maximum atomic E-state index is 13.9. The van der Waals surface area contributed by atoms with Crippen molar-refractivity contribution in [3.05, 3.63) is 83.8 Å². The van der Waals surface area contributed by atoms with E-state index in [2.05, 4.69) is 20.4 Å². The number of hydrogen-bond acceptors (Lipinski definition) is 6. The summed E-state index contributed by atoms with van der Waals surface area (Å²) < 4.78 is 33.3. The monoisotopic (exact) mass is 379 g/mol. The summed E-state index contributed by atoms with van der Waals surface area (Å²) >= 11 is 0. The molecule has 0 atom stereocenters. The summed E-state index contributed by atoms with van der Waals surface area (Å²) in [5.74, 6) is -0.250. The van der Waals surface area contributed by atoms with Crippen molar-refractivity contribution in [1.29, 1.82) is 0 Å². The summed E-state index contributed by atoms with van der Waals surface area (Å²) in [6.45, 7) is 0. The van der Waals surface area contributed by atoms with Gasteiger partial charge in [-0.1, -0.05) is 17.3 Å². The van der Waals surface area contributed by atoms with Gasteiger partial charge in [0.1, 0.15) is 29.0 Å². The van der Waals surface area contributed by atoms with Crippen LogP contribution in [0.25, 0.3) is 11.3 Å². The average molecular weight is 379 g/mol. The van der Waals surface area contributed by atoms with E-state index in [-0.39, 0.29) is 5.69 Å². The fourth-order valence-electron chi connectivity index (χ4n) is 2.77. The van der Waals surface area contributed by atoms with E-state index < -0.39 is 11.6 Å². The third kappa shape index (κ3) is 3.52. The highest BCUT2D eigenvalue weighted by Gasteiger charge is 2.15. The summed E-state index contributed by atoms with van der Waals surface area (Å²) in [6, 6.07) is 12.5. The molecule has 0 spiro atoms. The van der Waals surface area contributed by atoms with Gasteiger partial charge in [0.25, 0.3) is 0 Å². The Hall–Kier alpha value is -3.81. The van der Waals surface area contributed by atoms with Crippen molar-refractivity contribution in [3.8, 4) is 11.3 Å². The Bertz CT molecular complexity index is 1110. The van der Waals surface area contributed by atoms with E-state index in [9.17, 15) is 8.78 Å². The first-order valence-corrected chi connectivity index (χ1v) is 8.43. The number of para-hydroxylation sites is 1. The normalized spacial score (nSPS) is 10.8. The fraction of sp³-hybridized carbons (Fsp3) is 0.0500.